The molecule has 5 aliphatic rings. The Morgan fingerprint density at radius 1 is 0.952 bits per heavy atom. The van der Waals surface area contributed by atoms with Gasteiger partial charge < -0.3 is 38.1 Å². The minimum Gasteiger partial charge on any atom is -0.458 e. The number of hydrogen-bond donors (Lipinski definition) is 0. The fourth-order valence-electron chi connectivity index (χ4n) is 7.95. The highest BCUT2D eigenvalue weighted by atomic mass is 16.8. The van der Waals surface area contributed by atoms with E-state index in [4.69, 9.17) is 33.2 Å². The van der Waals surface area contributed by atoms with Gasteiger partial charge in [-0.25, -0.2) is 9.59 Å². The van der Waals surface area contributed by atoms with E-state index >= 15 is 0 Å². The van der Waals surface area contributed by atoms with Gasteiger partial charge in [-0.15, -0.1) is 0 Å². The molecular formula is C30H45NO11. The SMILES string of the molecule is CC[C@H]1OC(=O)[C@H](C)[C@H]2O[C@](C)(C[C@@H](C)C(=O)[C@H](C)[C@H]3OC(=O)O[C@@]31C)[C@H](O[C@@H]1O[C@H](C)C[C@H]3[C@H]1OC(=O)N3C)[C@H]2C. The van der Waals surface area contributed by atoms with Gasteiger partial charge in [0.1, 0.15) is 11.9 Å². The van der Waals surface area contributed by atoms with Gasteiger partial charge in [-0.1, -0.05) is 27.7 Å². The van der Waals surface area contributed by atoms with Crippen molar-refractivity contribution in [2.45, 2.75) is 135 Å². The average Bonchev–Trinajstić information content (AvgIpc) is 3.49. The van der Waals surface area contributed by atoms with E-state index in [9.17, 15) is 19.2 Å². The van der Waals surface area contributed by atoms with Crippen molar-refractivity contribution in [3.63, 3.8) is 0 Å². The molecule has 0 unspecified atom stereocenters. The van der Waals surface area contributed by atoms with Crippen molar-refractivity contribution in [3.8, 4) is 0 Å². The summed E-state index contributed by atoms with van der Waals surface area (Å²) >= 11 is 0. The molecule has 5 fully saturated rings. The van der Waals surface area contributed by atoms with E-state index in [0.29, 0.717) is 12.8 Å². The van der Waals surface area contributed by atoms with Crippen molar-refractivity contribution in [1.29, 1.82) is 0 Å². The van der Waals surface area contributed by atoms with Gasteiger partial charge in [0.2, 0.25) is 0 Å². The second-order valence-corrected chi connectivity index (χ2v) is 13.4. The maximum Gasteiger partial charge on any atom is 0.509 e. The summed E-state index contributed by atoms with van der Waals surface area (Å²) in [6, 6.07) is -0.198. The van der Waals surface area contributed by atoms with E-state index in [1.54, 1.807) is 32.7 Å². The lowest BCUT2D eigenvalue weighted by atomic mass is 9.76. The van der Waals surface area contributed by atoms with Gasteiger partial charge in [-0.3, -0.25) is 9.59 Å². The zero-order chi connectivity index (χ0) is 30.9. The molecule has 12 heteroatoms. The number of carbonyl (C=O) groups excluding carboxylic acids is 4. The third kappa shape index (κ3) is 4.96. The summed E-state index contributed by atoms with van der Waals surface area (Å²) < 4.78 is 42.3. The second-order valence-electron chi connectivity index (χ2n) is 13.4. The summed E-state index contributed by atoms with van der Waals surface area (Å²) in [6.07, 6.45) is -4.74. The minimum atomic E-state index is -1.33. The smallest absolute Gasteiger partial charge is 0.458 e. The predicted octanol–water partition coefficient (Wildman–Crippen LogP) is 3.62. The molecule has 5 rings (SSSR count). The van der Waals surface area contributed by atoms with Gasteiger partial charge in [0.25, 0.3) is 0 Å². The molecule has 0 aromatic rings. The molecule has 0 spiro atoms. The normalized spacial score (nSPS) is 49.5. The lowest BCUT2D eigenvalue weighted by Crippen LogP contribution is -2.55. The lowest BCUT2D eigenvalue weighted by Gasteiger charge is -2.41. The van der Waals surface area contributed by atoms with Crippen molar-refractivity contribution in [2.75, 3.05) is 7.05 Å². The number of amides is 1. The first kappa shape index (κ1) is 31.0. The van der Waals surface area contributed by atoms with Crippen LogP contribution in [0, 0.1) is 23.7 Å². The number of ether oxygens (including phenoxy) is 7. The van der Waals surface area contributed by atoms with E-state index in [0.717, 1.165) is 0 Å². The molecular weight excluding hydrogens is 550 g/mol. The van der Waals surface area contributed by atoms with Crippen LogP contribution in [-0.2, 0) is 42.7 Å². The van der Waals surface area contributed by atoms with Crippen LogP contribution in [0.25, 0.3) is 0 Å². The summed E-state index contributed by atoms with van der Waals surface area (Å²) in [4.78, 5) is 53.8. The van der Waals surface area contributed by atoms with E-state index in [1.807, 2.05) is 34.6 Å². The number of nitrogens with zero attached hydrogens (tertiary/aromatic N) is 1. The Morgan fingerprint density at radius 3 is 2.31 bits per heavy atom. The van der Waals surface area contributed by atoms with Crippen LogP contribution in [-0.4, -0.2) is 96.1 Å². The third-order valence-electron chi connectivity index (χ3n) is 10.2. The average molecular weight is 596 g/mol. The van der Waals surface area contributed by atoms with Crippen LogP contribution >= 0.6 is 0 Å². The number of carbonyl (C=O) groups is 4. The number of esters is 1. The molecule has 5 heterocycles. The molecule has 0 saturated carbocycles. The Hall–Kier alpha value is -2.44. The first-order valence-electron chi connectivity index (χ1n) is 15.2. The number of hydrogen-bond acceptors (Lipinski definition) is 11. The molecule has 1 amide bonds. The molecule has 5 aliphatic heterocycles. The van der Waals surface area contributed by atoms with Crippen molar-refractivity contribution in [3.05, 3.63) is 0 Å². The molecule has 42 heavy (non-hydrogen) atoms. The van der Waals surface area contributed by atoms with Crippen molar-refractivity contribution >= 4 is 24.0 Å². The van der Waals surface area contributed by atoms with Gasteiger partial charge in [-0.05, 0) is 47.0 Å². The highest BCUT2D eigenvalue weighted by Crippen LogP contribution is 2.48. The molecule has 12 nitrogen and oxygen atoms in total. The summed E-state index contributed by atoms with van der Waals surface area (Å²) in [5.74, 6) is -2.92. The molecule has 5 saturated heterocycles. The Balaban J connectivity index is 1.49. The fraction of sp³-hybridized carbons (Fsp3) is 0.867. The van der Waals surface area contributed by atoms with Crippen LogP contribution in [0.3, 0.4) is 0 Å². The van der Waals surface area contributed by atoms with Crippen molar-refractivity contribution in [1.82, 2.24) is 4.90 Å². The monoisotopic (exact) mass is 595 g/mol. The fourth-order valence-corrected chi connectivity index (χ4v) is 7.95. The largest absolute Gasteiger partial charge is 0.509 e. The highest BCUT2D eigenvalue weighted by molar-refractivity contribution is 5.84. The van der Waals surface area contributed by atoms with Crippen LogP contribution in [0.4, 0.5) is 9.59 Å². The Morgan fingerprint density at radius 2 is 1.64 bits per heavy atom. The van der Waals surface area contributed by atoms with Gasteiger partial charge >= 0.3 is 18.2 Å². The molecule has 0 aromatic carbocycles. The summed E-state index contributed by atoms with van der Waals surface area (Å²) in [7, 11) is 1.70. The maximum atomic E-state index is 13.9. The Bertz CT molecular complexity index is 1110. The summed E-state index contributed by atoms with van der Waals surface area (Å²) in [6.45, 7) is 14.5. The summed E-state index contributed by atoms with van der Waals surface area (Å²) in [5, 5.41) is 0. The molecule has 2 bridgehead atoms. The molecule has 0 radical (unpaired) electrons. The zero-order valence-electron chi connectivity index (χ0n) is 26.0. The Kier molecular flexibility index (Phi) is 8.06. The number of cyclic esters (lactones) is 1. The number of Topliss-reactive ketones (excluding diaryl/α,β-unsaturated/α-hetero) is 1. The highest BCUT2D eigenvalue weighted by Gasteiger charge is 2.61. The van der Waals surface area contributed by atoms with Gasteiger partial charge in [0.15, 0.2) is 24.1 Å². The van der Waals surface area contributed by atoms with Crippen molar-refractivity contribution < 1.29 is 52.3 Å². The molecule has 14 atom stereocenters. The second kappa shape index (κ2) is 10.9. The third-order valence-corrected chi connectivity index (χ3v) is 10.2. The number of rotatable bonds is 3. The number of fused-ring (bicyclic) bond motifs is 4. The van der Waals surface area contributed by atoms with E-state index < -0.39 is 84.0 Å². The zero-order valence-corrected chi connectivity index (χ0v) is 26.0. The quantitative estimate of drug-likeness (QED) is 0.350. The molecule has 0 aliphatic carbocycles. The summed E-state index contributed by atoms with van der Waals surface area (Å²) in [5.41, 5.74) is -2.34. The van der Waals surface area contributed by atoms with Crippen LogP contribution < -0.4 is 0 Å². The predicted molar refractivity (Wildman–Crippen MR) is 145 cm³/mol. The maximum absolute atomic E-state index is 13.9. The van der Waals surface area contributed by atoms with E-state index in [1.165, 1.54) is 0 Å². The Labute approximate surface area is 246 Å². The molecule has 0 N–H and O–H groups in total. The first-order chi connectivity index (χ1) is 19.6. The van der Waals surface area contributed by atoms with Crippen LogP contribution in [0.5, 0.6) is 0 Å². The van der Waals surface area contributed by atoms with E-state index in [-0.39, 0.29) is 30.3 Å². The van der Waals surface area contributed by atoms with Gasteiger partial charge in [0.05, 0.1) is 41.8 Å². The van der Waals surface area contributed by atoms with Crippen LogP contribution in [0.15, 0.2) is 0 Å². The molecule has 236 valence electrons. The lowest BCUT2D eigenvalue weighted by molar-refractivity contribution is -0.270. The van der Waals surface area contributed by atoms with Crippen LogP contribution in [0.1, 0.15) is 74.7 Å². The van der Waals surface area contributed by atoms with E-state index in [2.05, 4.69) is 0 Å². The van der Waals surface area contributed by atoms with Gasteiger partial charge in [0, 0.05) is 18.9 Å². The topological polar surface area (TPSA) is 136 Å². The minimum absolute atomic E-state index is 0.133. The first-order valence-corrected chi connectivity index (χ1v) is 15.2. The van der Waals surface area contributed by atoms with Gasteiger partial charge in [-0.2, -0.15) is 0 Å². The van der Waals surface area contributed by atoms with Crippen LogP contribution in [0.2, 0.25) is 0 Å². The standard InChI is InChI=1S/C30H45NO11/c1-10-19-30(8)24(40-28(35)42-30)15(4)20(32)13(2)12-29(7)23(16(5)21(41-29)17(6)25(33)37-19)39-26-22-18(11-14(3)36-26)31(9)27(34)38-22/h13-19,21-24,26H,10-12H2,1-9H3/t13-,14-,15+,16+,17-,18+,19-,21+,22-,23-,24-,26+,29-,30-/m1/s1. The number of likely N-dealkylation sites (N-methyl/N-ethyl adjacent to an activating group) is 1. The van der Waals surface area contributed by atoms with Crippen molar-refractivity contribution in [2.24, 2.45) is 23.7 Å². The number of ketones is 1. The molecule has 0 aromatic heterocycles.